The summed E-state index contributed by atoms with van der Waals surface area (Å²) in [4.78, 5) is 0. The van der Waals surface area contributed by atoms with Crippen LogP contribution in [0.15, 0.2) is 0 Å². The van der Waals surface area contributed by atoms with Crippen molar-refractivity contribution in [3.63, 3.8) is 0 Å². The van der Waals surface area contributed by atoms with E-state index in [1.54, 1.807) is 6.92 Å². The molecule has 0 amide bonds. The van der Waals surface area contributed by atoms with Crippen LogP contribution in [-0.4, -0.2) is 88.0 Å². The normalized spacial score (nSPS) is 24.8. The highest BCUT2D eigenvalue weighted by Gasteiger charge is 2.26. The molecular weight excluding hydrogens is 268 g/mol. The summed E-state index contributed by atoms with van der Waals surface area (Å²) in [5.41, 5.74) is 0. The Morgan fingerprint density at radius 2 is 1.55 bits per heavy atom. The Balaban J connectivity index is 0.000000202. The fourth-order valence-corrected chi connectivity index (χ4v) is 1.20. The van der Waals surface area contributed by atoms with E-state index in [9.17, 15) is 0 Å². The molecule has 3 atom stereocenters. The minimum atomic E-state index is -0.423. The largest absolute Gasteiger partial charge is 0.394 e. The lowest BCUT2D eigenvalue weighted by atomic mass is 10.4. The average Bonchev–Trinajstić information content (AvgIpc) is 3.28. The van der Waals surface area contributed by atoms with E-state index in [1.807, 2.05) is 0 Å². The second-order valence-corrected chi connectivity index (χ2v) is 4.71. The van der Waals surface area contributed by atoms with Crippen molar-refractivity contribution >= 4 is 0 Å². The molecule has 2 fully saturated rings. The first-order chi connectivity index (χ1) is 9.72. The highest BCUT2D eigenvalue weighted by Crippen LogP contribution is 2.12. The third-order valence-electron chi connectivity index (χ3n) is 2.38. The van der Waals surface area contributed by atoms with E-state index in [0.29, 0.717) is 38.6 Å². The fraction of sp³-hybridized carbons (Fsp3) is 1.00. The van der Waals surface area contributed by atoms with Crippen LogP contribution in [0.3, 0.4) is 0 Å². The second-order valence-electron chi connectivity index (χ2n) is 4.71. The van der Waals surface area contributed by atoms with Gasteiger partial charge in [-0.1, -0.05) is 0 Å². The number of hydrogen-bond acceptors (Lipinski definition) is 7. The Hall–Kier alpha value is -0.280. The summed E-state index contributed by atoms with van der Waals surface area (Å²) in [6.07, 6.45) is 0.361. The molecule has 0 saturated carbocycles. The summed E-state index contributed by atoms with van der Waals surface area (Å²) in [5, 5.41) is 17.1. The average molecular weight is 294 g/mol. The first-order valence-corrected chi connectivity index (χ1v) is 6.97. The molecule has 2 saturated heterocycles. The minimum Gasteiger partial charge on any atom is -0.394 e. The van der Waals surface area contributed by atoms with Gasteiger partial charge in [-0.15, -0.1) is 0 Å². The monoisotopic (exact) mass is 294 g/mol. The third-order valence-corrected chi connectivity index (χ3v) is 2.38. The Morgan fingerprint density at radius 1 is 1.00 bits per heavy atom. The summed E-state index contributed by atoms with van der Waals surface area (Å²) in [6, 6.07) is 0. The van der Waals surface area contributed by atoms with Gasteiger partial charge >= 0.3 is 0 Å². The number of aliphatic hydroxyl groups is 2. The minimum absolute atomic E-state index is 0.0381. The smallest absolute Gasteiger partial charge is 0.104 e. The lowest BCUT2D eigenvalue weighted by Gasteiger charge is -2.05. The molecule has 0 aromatic heterocycles. The molecule has 7 nitrogen and oxygen atoms in total. The van der Waals surface area contributed by atoms with Gasteiger partial charge in [0.05, 0.1) is 65.6 Å². The van der Waals surface area contributed by atoms with E-state index in [1.165, 1.54) is 0 Å². The van der Waals surface area contributed by atoms with Gasteiger partial charge in [-0.3, -0.25) is 0 Å². The van der Waals surface area contributed by atoms with Gasteiger partial charge < -0.3 is 33.9 Å². The van der Waals surface area contributed by atoms with Crippen molar-refractivity contribution in [1.82, 2.24) is 0 Å². The van der Waals surface area contributed by atoms with Crippen molar-refractivity contribution in [2.45, 2.75) is 25.2 Å². The van der Waals surface area contributed by atoms with Gasteiger partial charge in [-0.25, -0.2) is 0 Å². The molecule has 0 spiro atoms. The van der Waals surface area contributed by atoms with Gasteiger partial charge in [-0.05, 0) is 6.92 Å². The molecule has 7 heteroatoms. The molecule has 120 valence electrons. The van der Waals surface area contributed by atoms with E-state index in [-0.39, 0.29) is 6.61 Å². The molecule has 3 unspecified atom stereocenters. The molecule has 2 aliphatic heterocycles. The molecular formula is C13H26O7. The van der Waals surface area contributed by atoms with Crippen molar-refractivity contribution in [3.8, 4) is 0 Å². The molecule has 0 bridgehead atoms. The Morgan fingerprint density at radius 3 is 2.00 bits per heavy atom. The quantitative estimate of drug-likeness (QED) is 0.380. The zero-order chi connectivity index (χ0) is 14.6. The standard InChI is InChI=1S/C7H16O4.C6H10O3/c1-7(9)6-11-5-4-10-3-2-8;1(5-3-8-5)7-2-6-4-9-6/h7-9H,2-6H2,1H3;5-6H,1-4H2. The molecule has 2 heterocycles. The summed E-state index contributed by atoms with van der Waals surface area (Å²) in [6.45, 7) is 6.57. The van der Waals surface area contributed by atoms with Crippen LogP contribution in [0.5, 0.6) is 0 Å². The Kier molecular flexibility index (Phi) is 10.1. The van der Waals surface area contributed by atoms with E-state index in [0.717, 1.165) is 26.4 Å². The van der Waals surface area contributed by atoms with Crippen LogP contribution in [0.1, 0.15) is 6.92 Å². The highest BCUT2D eigenvalue weighted by molar-refractivity contribution is 4.71. The maximum absolute atomic E-state index is 8.75. The van der Waals surface area contributed by atoms with Crippen molar-refractivity contribution < 1.29 is 33.9 Å². The zero-order valence-electron chi connectivity index (χ0n) is 12.0. The van der Waals surface area contributed by atoms with Crippen LogP contribution in [0.2, 0.25) is 0 Å². The van der Waals surface area contributed by atoms with Crippen molar-refractivity contribution in [1.29, 1.82) is 0 Å². The number of hydrogen-bond donors (Lipinski definition) is 2. The second kappa shape index (κ2) is 11.4. The molecule has 2 rings (SSSR count). The maximum atomic E-state index is 8.75. The zero-order valence-corrected chi connectivity index (χ0v) is 12.0. The fourth-order valence-electron chi connectivity index (χ4n) is 1.20. The SMILES string of the molecule is C(OCC1CO1)C1CO1.CC(O)COCCOCCO. The van der Waals surface area contributed by atoms with Crippen molar-refractivity contribution in [3.05, 3.63) is 0 Å². The third kappa shape index (κ3) is 12.7. The van der Waals surface area contributed by atoms with E-state index < -0.39 is 6.10 Å². The first kappa shape index (κ1) is 17.8. The number of rotatable bonds is 11. The highest BCUT2D eigenvalue weighted by atomic mass is 16.6. The van der Waals surface area contributed by atoms with Gasteiger partial charge in [0.2, 0.25) is 0 Å². The van der Waals surface area contributed by atoms with Crippen LogP contribution >= 0.6 is 0 Å². The first-order valence-electron chi connectivity index (χ1n) is 6.97. The molecule has 0 aromatic rings. The van der Waals surface area contributed by atoms with Crippen LogP contribution in [-0.2, 0) is 23.7 Å². The maximum Gasteiger partial charge on any atom is 0.104 e. The summed E-state index contributed by atoms with van der Waals surface area (Å²) < 4.78 is 25.0. The van der Waals surface area contributed by atoms with Crippen molar-refractivity contribution in [2.24, 2.45) is 0 Å². The molecule has 20 heavy (non-hydrogen) atoms. The van der Waals surface area contributed by atoms with E-state index >= 15 is 0 Å². The van der Waals surface area contributed by atoms with Crippen molar-refractivity contribution in [2.75, 3.05) is 59.5 Å². The molecule has 0 radical (unpaired) electrons. The van der Waals surface area contributed by atoms with Crippen LogP contribution < -0.4 is 0 Å². The van der Waals surface area contributed by atoms with Gasteiger partial charge in [0, 0.05) is 0 Å². The Labute approximate surface area is 119 Å². The predicted octanol–water partition coefficient (Wildman–Crippen LogP) is -0.807. The van der Waals surface area contributed by atoms with Crippen LogP contribution in [0.4, 0.5) is 0 Å². The van der Waals surface area contributed by atoms with Gasteiger partial charge in [0.15, 0.2) is 0 Å². The van der Waals surface area contributed by atoms with Gasteiger partial charge in [0.25, 0.3) is 0 Å². The van der Waals surface area contributed by atoms with Crippen LogP contribution in [0.25, 0.3) is 0 Å². The summed E-state index contributed by atoms with van der Waals surface area (Å²) in [7, 11) is 0. The van der Waals surface area contributed by atoms with Gasteiger partial charge in [0.1, 0.15) is 12.2 Å². The summed E-state index contributed by atoms with van der Waals surface area (Å²) in [5.74, 6) is 0. The number of ether oxygens (including phenoxy) is 5. The van der Waals surface area contributed by atoms with Crippen LogP contribution in [0, 0.1) is 0 Å². The van der Waals surface area contributed by atoms with E-state index in [4.69, 9.17) is 33.9 Å². The predicted molar refractivity (Wildman–Crippen MR) is 70.7 cm³/mol. The molecule has 2 aliphatic rings. The molecule has 0 aliphatic carbocycles. The number of epoxide rings is 2. The molecule has 0 aromatic carbocycles. The Bertz CT molecular complexity index is 205. The molecule has 2 N–H and O–H groups in total. The van der Waals surface area contributed by atoms with E-state index in [2.05, 4.69) is 0 Å². The number of aliphatic hydroxyl groups excluding tert-OH is 2. The van der Waals surface area contributed by atoms with Gasteiger partial charge in [-0.2, -0.15) is 0 Å². The summed E-state index contributed by atoms with van der Waals surface area (Å²) >= 11 is 0. The lowest BCUT2D eigenvalue weighted by molar-refractivity contribution is 0.00292. The lowest BCUT2D eigenvalue weighted by Crippen LogP contribution is -2.14. The topological polar surface area (TPSA) is 93.2 Å².